The van der Waals surface area contributed by atoms with Gasteiger partial charge in [0.15, 0.2) is 5.76 Å². The number of hydrogen-bond acceptors (Lipinski definition) is 5. The number of nitrogens with zero attached hydrogens (tertiary/aromatic N) is 1. The molecule has 0 radical (unpaired) electrons. The highest BCUT2D eigenvalue weighted by Gasteiger charge is 2.07. The lowest BCUT2D eigenvalue weighted by atomic mass is 10.2. The molecule has 2 aromatic rings. The van der Waals surface area contributed by atoms with E-state index in [4.69, 9.17) is 19.7 Å². The monoisotopic (exact) mass is 326 g/mol. The maximum atomic E-state index is 5.70. The summed E-state index contributed by atoms with van der Waals surface area (Å²) < 4.78 is 16.7. The van der Waals surface area contributed by atoms with Gasteiger partial charge in [-0.1, -0.05) is 21.1 Å². The predicted molar refractivity (Wildman–Crippen MR) is 73.6 cm³/mol. The summed E-state index contributed by atoms with van der Waals surface area (Å²) in [6, 6.07) is 7.54. The smallest absolute Gasteiger partial charge is 0.162 e. The molecular formula is C13H15BrN2O3. The van der Waals surface area contributed by atoms with Crippen LogP contribution in [0.4, 0.5) is 0 Å². The van der Waals surface area contributed by atoms with Gasteiger partial charge in [0.2, 0.25) is 0 Å². The quantitative estimate of drug-likeness (QED) is 0.883. The van der Waals surface area contributed by atoms with Crippen molar-refractivity contribution in [3.63, 3.8) is 0 Å². The molecule has 2 rings (SSSR count). The van der Waals surface area contributed by atoms with Gasteiger partial charge in [-0.3, -0.25) is 0 Å². The van der Waals surface area contributed by atoms with Crippen LogP contribution in [-0.4, -0.2) is 12.3 Å². The molecule has 102 valence electrons. The molecule has 0 saturated heterocycles. The Kier molecular flexibility index (Phi) is 4.95. The van der Waals surface area contributed by atoms with Crippen LogP contribution in [0.25, 0.3) is 0 Å². The summed E-state index contributed by atoms with van der Waals surface area (Å²) >= 11 is 3.40. The molecule has 0 spiro atoms. The molecule has 0 bridgehead atoms. The molecule has 1 aromatic carbocycles. The SMILES string of the molecule is COCc1cc(COc2ccc(Br)cc2CN)no1. The van der Waals surface area contributed by atoms with Gasteiger partial charge in [-0.25, -0.2) is 0 Å². The van der Waals surface area contributed by atoms with Gasteiger partial charge in [-0.15, -0.1) is 0 Å². The molecule has 0 aliphatic heterocycles. The molecule has 0 fully saturated rings. The third kappa shape index (κ3) is 3.79. The Labute approximate surface area is 119 Å². The fourth-order valence-electron chi connectivity index (χ4n) is 1.63. The Morgan fingerprint density at radius 2 is 2.16 bits per heavy atom. The number of aromatic nitrogens is 1. The van der Waals surface area contributed by atoms with Crippen LogP contribution in [0, 0.1) is 0 Å². The number of rotatable bonds is 6. The minimum atomic E-state index is 0.335. The number of benzene rings is 1. The molecule has 5 nitrogen and oxygen atoms in total. The number of hydrogen-bond donors (Lipinski definition) is 1. The second-order valence-corrected chi connectivity index (χ2v) is 4.88. The van der Waals surface area contributed by atoms with Crippen molar-refractivity contribution in [2.24, 2.45) is 5.73 Å². The van der Waals surface area contributed by atoms with Crippen molar-refractivity contribution in [2.75, 3.05) is 7.11 Å². The van der Waals surface area contributed by atoms with Crippen LogP contribution in [-0.2, 0) is 24.5 Å². The summed E-state index contributed by atoms with van der Waals surface area (Å²) in [6.45, 7) is 1.16. The van der Waals surface area contributed by atoms with Crippen LogP contribution < -0.4 is 10.5 Å². The van der Waals surface area contributed by atoms with Crippen molar-refractivity contribution < 1.29 is 14.0 Å². The van der Waals surface area contributed by atoms with E-state index in [2.05, 4.69) is 21.1 Å². The Bertz CT molecular complexity index is 542. The Morgan fingerprint density at radius 3 is 2.89 bits per heavy atom. The van der Waals surface area contributed by atoms with Crippen molar-refractivity contribution in [2.45, 2.75) is 19.8 Å². The zero-order valence-corrected chi connectivity index (χ0v) is 12.1. The minimum Gasteiger partial charge on any atom is -0.487 e. The number of halogens is 1. The maximum absolute atomic E-state index is 5.70. The van der Waals surface area contributed by atoms with Gasteiger partial charge in [-0.05, 0) is 18.2 Å². The van der Waals surface area contributed by atoms with Crippen molar-refractivity contribution in [1.82, 2.24) is 5.16 Å². The first kappa shape index (κ1) is 14.0. The third-order valence-electron chi connectivity index (χ3n) is 2.51. The second kappa shape index (κ2) is 6.70. The van der Waals surface area contributed by atoms with Gasteiger partial charge in [-0.2, -0.15) is 0 Å². The van der Waals surface area contributed by atoms with Gasteiger partial charge in [0.25, 0.3) is 0 Å². The molecule has 0 aliphatic carbocycles. The highest BCUT2D eigenvalue weighted by Crippen LogP contribution is 2.23. The van der Waals surface area contributed by atoms with Gasteiger partial charge >= 0.3 is 0 Å². The van der Waals surface area contributed by atoms with E-state index in [0.717, 1.165) is 21.5 Å². The predicted octanol–water partition coefficient (Wildman–Crippen LogP) is 2.62. The number of methoxy groups -OCH3 is 1. The zero-order valence-electron chi connectivity index (χ0n) is 10.6. The molecule has 19 heavy (non-hydrogen) atoms. The number of ether oxygens (including phenoxy) is 2. The lowest BCUT2D eigenvalue weighted by Crippen LogP contribution is -2.03. The second-order valence-electron chi connectivity index (χ2n) is 3.96. The van der Waals surface area contributed by atoms with E-state index >= 15 is 0 Å². The standard InChI is InChI=1S/C13H15BrN2O3/c1-17-8-12-5-11(16-19-12)7-18-13-3-2-10(14)4-9(13)6-15/h2-5H,6-8,15H2,1H3. The maximum Gasteiger partial charge on any atom is 0.162 e. The Balaban J connectivity index is 2.01. The van der Waals surface area contributed by atoms with Crippen molar-refractivity contribution in [3.05, 3.63) is 45.8 Å². The lowest BCUT2D eigenvalue weighted by Gasteiger charge is -2.09. The van der Waals surface area contributed by atoms with E-state index in [0.29, 0.717) is 25.5 Å². The van der Waals surface area contributed by atoms with Crippen LogP contribution in [0.3, 0.4) is 0 Å². The normalized spacial score (nSPS) is 10.7. The number of nitrogens with two attached hydrogens (primary N) is 1. The van der Waals surface area contributed by atoms with Crippen LogP contribution in [0.2, 0.25) is 0 Å². The van der Waals surface area contributed by atoms with E-state index in [1.165, 1.54) is 0 Å². The molecule has 1 aromatic heterocycles. The molecule has 0 atom stereocenters. The molecular weight excluding hydrogens is 312 g/mol. The van der Waals surface area contributed by atoms with Gasteiger partial charge < -0.3 is 19.7 Å². The first-order chi connectivity index (χ1) is 9.22. The van der Waals surface area contributed by atoms with Gasteiger partial charge in [0.05, 0.1) is 0 Å². The zero-order chi connectivity index (χ0) is 13.7. The molecule has 0 unspecified atom stereocenters. The lowest BCUT2D eigenvalue weighted by molar-refractivity contribution is 0.155. The summed E-state index contributed by atoms with van der Waals surface area (Å²) in [5, 5.41) is 3.90. The summed E-state index contributed by atoms with van der Waals surface area (Å²) in [6.07, 6.45) is 0. The van der Waals surface area contributed by atoms with Crippen LogP contribution in [0.1, 0.15) is 17.0 Å². The first-order valence-electron chi connectivity index (χ1n) is 5.77. The summed E-state index contributed by atoms with van der Waals surface area (Å²) in [7, 11) is 1.61. The summed E-state index contributed by atoms with van der Waals surface area (Å²) in [4.78, 5) is 0. The van der Waals surface area contributed by atoms with E-state index < -0.39 is 0 Å². The largest absolute Gasteiger partial charge is 0.487 e. The van der Waals surface area contributed by atoms with Crippen LogP contribution in [0.15, 0.2) is 33.3 Å². The van der Waals surface area contributed by atoms with E-state index in [1.54, 1.807) is 7.11 Å². The minimum absolute atomic E-state index is 0.335. The molecule has 6 heteroatoms. The summed E-state index contributed by atoms with van der Waals surface area (Å²) in [5.41, 5.74) is 7.34. The highest BCUT2D eigenvalue weighted by molar-refractivity contribution is 9.10. The topological polar surface area (TPSA) is 70.5 Å². The molecule has 0 amide bonds. The Morgan fingerprint density at radius 1 is 1.32 bits per heavy atom. The molecule has 2 N–H and O–H groups in total. The summed E-state index contributed by atoms with van der Waals surface area (Å²) in [5.74, 6) is 1.43. The fraction of sp³-hybridized carbons (Fsp3) is 0.308. The first-order valence-corrected chi connectivity index (χ1v) is 6.57. The molecule has 1 heterocycles. The van der Waals surface area contributed by atoms with Crippen molar-refractivity contribution in [1.29, 1.82) is 0 Å². The average molecular weight is 327 g/mol. The van der Waals surface area contributed by atoms with E-state index in [-0.39, 0.29) is 0 Å². The molecule has 0 saturated carbocycles. The van der Waals surface area contributed by atoms with Crippen LogP contribution in [0.5, 0.6) is 5.75 Å². The van der Waals surface area contributed by atoms with Crippen molar-refractivity contribution >= 4 is 15.9 Å². The fourth-order valence-corrected chi connectivity index (χ4v) is 2.04. The van der Waals surface area contributed by atoms with Crippen molar-refractivity contribution in [3.8, 4) is 5.75 Å². The highest BCUT2D eigenvalue weighted by atomic mass is 79.9. The van der Waals surface area contributed by atoms with Crippen LogP contribution >= 0.6 is 15.9 Å². The van der Waals surface area contributed by atoms with E-state index in [1.807, 2.05) is 24.3 Å². The van der Waals surface area contributed by atoms with Gasteiger partial charge in [0.1, 0.15) is 24.7 Å². The Hall–Kier alpha value is -1.37. The molecule has 0 aliphatic rings. The third-order valence-corrected chi connectivity index (χ3v) is 3.01. The van der Waals surface area contributed by atoms with E-state index in [9.17, 15) is 0 Å². The van der Waals surface area contributed by atoms with Gasteiger partial charge in [0, 0.05) is 29.8 Å². The average Bonchev–Trinajstić information content (AvgIpc) is 2.85.